The highest BCUT2D eigenvalue weighted by molar-refractivity contribution is 7.82. The van der Waals surface area contributed by atoms with E-state index in [1.165, 1.54) is 0 Å². The lowest BCUT2D eigenvalue weighted by Gasteiger charge is -2.49. The summed E-state index contributed by atoms with van der Waals surface area (Å²) in [5.74, 6) is -1.93. The number of benzene rings is 3. The predicted octanol–water partition coefficient (Wildman–Crippen LogP) is 5.96. The maximum absolute atomic E-state index is 14.4. The molecule has 3 aromatic rings. The summed E-state index contributed by atoms with van der Waals surface area (Å²) in [6.07, 6.45) is 5.13. The van der Waals surface area contributed by atoms with Gasteiger partial charge in [0.15, 0.2) is 0 Å². The molecule has 0 saturated heterocycles. The number of rotatable bonds is 13. The number of hydroxylamine groups is 1. The number of ether oxygens (including phenoxy) is 1. The second kappa shape index (κ2) is 16.1. The minimum Gasteiger partial charge on any atom is -0.494 e. The molecule has 47 heavy (non-hydrogen) atoms. The number of amides is 2. The maximum atomic E-state index is 14.4. The van der Waals surface area contributed by atoms with Crippen LogP contribution < -0.4 is 14.9 Å². The van der Waals surface area contributed by atoms with Gasteiger partial charge < -0.3 is 14.7 Å². The van der Waals surface area contributed by atoms with Gasteiger partial charge in [0.05, 0.1) is 36.2 Å². The van der Waals surface area contributed by atoms with Gasteiger partial charge in [-0.25, -0.2) is 14.4 Å². The number of fused-ring (bicyclic) bond motifs is 1. The first kappa shape index (κ1) is 34.8. The Labute approximate surface area is 286 Å². The van der Waals surface area contributed by atoms with E-state index in [9.17, 15) is 18.6 Å². The van der Waals surface area contributed by atoms with Crippen LogP contribution in [-0.2, 0) is 32.0 Å². The van der Waals surface area contributed by atoms with Crippen molar-refractivity contribution in [3.63, 3.8) is 0 Å². The van der Waals surface area contributed by atoms with Gasteiger partial charge in [-0.3, -0.25) is 19.2 Å². The van der Waals surface area contributed by atoms with Crippen LogP contribution in [0.1, 0.15) is 77.5 Å². The lowest BCUT2D eigenvalue weighted by molar-refractivity contribution is -0.138. The van der Waals surface area contributed by atoms with E-state index in [0.717, 1.165) is 24.8 Å². The summed E-state index contributed by atoms with van der Waals surface area (Å²) in [5, 5.41) is 9.57. The minimum absolute atomic E-state index is 0.0143. The van der Waals surface area contributed by atoms with Gasteiger partial charge >= 0.3 is 5.97 Å². The Morgan fingerprint density at radius 1 is 1.02 bits per heavy atom. The fourth-order valence-electron chi connectivity index (χ4n) is 6.46. The molecule has 2 unspecified atom stereocenters. The number of carboxylic acid groups (broad SMARTS) is 1. The highest BCUT2D eigenvalue weighted by Crippen LogP contribution is 2.47. The smallest absolute Gasteiger partial charge is 0.303 e. The molecule has 13 heteroatoms. The molecule has 3 aromatic carbocycles. The van der Waals surface area contributed by atoms with E-state index >= 15 is 0 Å². The molecule has 1 heterocycles. The molecule has 1 aliphatic heterocycles. The van der Waals surface area contributed by atoms with Gasteiger partial charge in [0.2, 0.25) is 0 Å². The van der Waals surface area contributed by atoms with E-state index < -0.39 is 34.8 Å². The standard InChI is InChI=1S/C34H37Cl2N3O7S/c1-47(44)38-28-12-4-5-13-29(28)39-32(26-16-15-22(35)19-27(26)36)31(24-10-2-3-11-25(24)34(39)43)33(42)37-46-20-21-8-6-9-23(18-21)45-17-7-14-30(40)41/h2-3,6,8-11,15-16,18-19,28-29,31-32,38H,4-5,7,12-14,17,20H2,1H3,(H,37,42)(H,40,41)/t28-,29?,31+,32-,47?/m0/s1. The Hall–Kier alpha value is -3.48. The third-order valence-electron chi connectivity index (χ3n) is 8.46. The summed E-state index contributed by atoms with van der Waals surface area (Å²) in [4.78, 5) is 46.9. The number of halogens is 2. The van der Waals surface area contributed by atoms with E-state index in [2.05, 4.69) is 10.2 Å². The monoisotopic (exact) mass is 701 g/mol. The van der Waals surface area contributed by atoms with E-state index in [0.29, 0.717) is 45.3 Å². The molecule has 250 valence electrons. The Kier molecular flexibility index (Phi) is 11.9. The number of nitrogens with zero attached hydrogens (tertiary/aromatic N) is 1. The van der Waals surface area contributed by atoms with Gasteiger partial charge in [-0.05, 0) is 66.3 Å². The summed E-state index contributed by atoms with van der Waals surface area (Å²) in [6, 6.07) is 17.8. The van der Waals surface area contributed by atoms with Gasteiger partial charge in [0, 0.05) is 40.4 Å². The first-order valence-corrected chi connectivity index (χ1v) is 17.8. The highest BCUT2D eigenvalue weighted by Gasteiger charge is 2.49. The van der Waals surface area contributed by atoms with Crippen molar-refractivity contribution in [2.24, 2.45) is 0 Å². The summed E-state index contributed by atoms with van der Waals surface area (Å²) < 4.78 is 21.2. The highest BCUT2D eigenvalue weighted by atomic mass is 35.5. The molecule has 10 nitrogen and oxygen atoms in total. The average molecular weight is 703 g/mol. The molecule has 1 aliphatic carbocycles. The van der Waals surface area contributed by atoms with Gasteiger partial charge in [-0.2, -0.15) is 0 Å². The summed E-state index contributed by atoms with van der Waals surface area (Å²) in [5.41, 5.74) is 4.86. The Morgan fingerprint density at radius 3 is 2.57 bits per heavy atom. The number of carbonyl (C=O) groups excluding carboxylic acids is 2. The van der Waals surface area contributed by atoms with Crippen LogP contribution in [0.4, 0.5) is 0 Å². The van der Waals surface area contributed by atoms with Crippen molar-refractivity contribution in [2.75, 3.05) is 12.9 Å². The second-order valence-corrected chi connectivity index (χ2v) is 13.7. The number of carboxylic acids is 1. The molecule has 1 fully saturated rings. The van der Waals surface area contributed by atoms with Crippen LogP contribution >= 0.6 is 23.2 Å². The van der Waals surface area contributed by atoms with E-state index in [1.807, 2.05) is 6.07 Å². The Morgan fingerprint density at radius 2 is 1.81 bits per heavy atom. The summed E-state index contributed by atoms with van der Waals surface area (Å²) in [6.45, 7) is 0.280. The topological polar surface area (TPSA) is 134 Å². The van der Waals surface area contributed by atoms with Crippen LogP contribution in [-0.4, -0.2) is 56.9 Å². The van der Waals surface area contributed by atoms with Gasteiger partial charge in [-0.1, -0.05) is 72.4 Å². The lowest BCUT2D eigenvalue weighted by Crippen LogP contribution is -2.58. The minimum atomic E-state index is -1.32. The van der Waals surface area contributed by atoms with Crippen molar-refractivity contribution in [1.29, 1.82) is 0 Å². The molecule has 0 aromatic heterocycles. The van der Waals surface area contributed by atoms with E-state index in [4.69, 9.17) is 37.9 Å². The fourth-order valence-corrected chi connectivity index (χ4v) is 7.68. The molecule has 2 amide bonds. The van der Waals surface area contributed by atoms with Crippen molar-refractivity contribution in [1.82, 2.24) is 15.1 Å². The number of hydrogen-bond donors (Lipinski definition) is 3. The molecule has 1 saturated carbocycles. The quantitative estimate of drug-likeness (QED) is 0.148. The molecule has 5 atom stereocenters. The third-order valence-corrected chi connectivity index (χ3v) is 9.65. The number of nitrogens with one attached hydrogen (secondary N) is 2. The fraction of sp³-hybridized carbons (Fsp3) is 0.382. The van der Waals surface area contributed by atoms with Gasteiger partial charge in [0.25, 0.3) is 11.8 Å². The molecule has 0 radical (unpaired) electrons. The van der Waals surface area contributed by atoms with Crippen LogP contribution in [0.15, 0.2) is 66.7 Å². The van der Waals surface area contributed by atoms with Crippen LogP contribution in [0, 0.1) is 0 Å². The summed E-state index contributed by atoms with van der Waals surface area (Å²) >= 11 is 13.1. The van der Waals surface area contributed by atoms with Crippen molar-refractivity contribution in [2.45, 2.75) is 69.2 Å². The van der Waals surface area contributed by atoms with Crippen molar-refractivity contribution in [3.8, 4) is 5.75 Å². The third kappa shape index (κ3) is 8.52. The van der Waals surface area contributed by atoms with Crippen LogP contribution in [0.3, 0.4) is 0 Å². The van der Waals surface area contributed by atoms with Crippen molar-refractivity contribution >= 4 is 52.0 Å². The maximum Gasteiger partial charge on any atom is 0.303 e. The summed E-state index contributed by atoms with van der Waals surface area (Å²) in [7, 11) is -1.32. The van der Waals surface area contributed by atoms with Crippen LogP contribution in [0.5, 0.6) is 5.75 Å². The zero-order valence-corrected chi connectivity index (χ0v) is 28.2. The average Bonchev–Trinajstić information content (AvgIpc) is 3.03. The van der Waals surface area contributed by atoms with Gasteiger partial charge in [0.1, 0.15) is 5.75 Å². The molecule has 5 rings (SSSR count). The van der Waals surface area contributed by atoms with Crippen LogP contribution in [0.25, 0.3) is 0 Å². The normalized spacial score (nSPS) is 21.5. The zero-order valence-electron chi connectivity index (χ0n) is 25.8. The van der Waals surface area contributed by atoms with E-state index in [-0.39, 0.29) is 37.6 Å². The SMILES string of the molecule is CS(=O)N[C@H]1CCCCC1N1C(=O)c2ccccc2[C@@H](C(=O)NOCc2cccc(OCCCC(=O)O)c2)[C@@H]1c1ccc(Cl)cc1Cl. The molecular formula is C34H37Cl2N3O7S. The lowest BCUT2D eigenvalue weighted by atomic mass is 9.76. The largest absolute Gasteiger partial charge is 0.494 e. The molecule has 0 bridgehead atoms. The number of aliphatic carboxylic acids is 1. The second-order valence-electron chi connectivity index (χ2n) is 11.7. The first-order chi connectivity index (χ1) is 22.6. The molecule has 0 spiro atoms. The van der Waals surface area contributed by atoms with Crippen LogP contribution in [0.2, 0.25) is 10.0 Å². The Bertz CT molecular complexity index is 1640. The van der Waals surface area contributed by atoms with Gasteiger partial charge in [-0.15, -0.1) is 0 Å². The number of carbonyl (C=O) groups is 3. The van der Waals surface area contributed by atoms with Crippen molar-refractivity contribution < 1.29 is 33.3 Å². The predicted molar refractivity (Wildman–Crippen MR) is 180 cm³/mol. The number of hydrogen-bond acceptors (Lipinski definition) is 6. The molecular weight excluding hydrogens is 665 g/mol. The zero-order chi connectivity index (χ0) is 33.5. The molecule has 3 N–H and O–H groups in total. The van der Waals surface area contributed by atoms with Crippen molar-refractivity contribution in [3.05, 3.63) is 99.0 Å². The van der Waals surface area contributed by atoms with E-state index in [1.54, 1.807) is 71.8 Å². The Balaban J connectivity index is 1.44. The first-order valence-electron chi connectivity index (χ1n) is 15.5. The molecule has 2 aliphatic rings.